The highest BCUT2D eigenvalue weighted by Gasteiger charge is 2.28. The fourth-order valence-electron chi connectivity index (χ4n) is 3.39. The number of rotatable bonds is 13. The Morgan fingerprint density at radius 3 is 1.66 bits per heavy atom. The van der Waals surface area contributed by atoms with E-state index in [1.165, 1.54) is 27.5 Å². The van der Waals surface area contributed by atoms with Crippen molar-refractivity contribution in [1.82, 2.24) is 0 Å². The molecule has 3 heteroatoms. The average Bonchev–Trinajstić information content (AvgIpc) is 2.83. The van der Waals surface area contributed by atoms with Gasteiger partial charge in [-0.25, -0.2) is 0 Å². The monoisotopic (exact) mass is 449 g/mol. The third-order valence-corrected chi connectivity index (χ3v) is 7.90. The first-order chi connectivity index (χ1) is 15.6. The second kappa shape index (κ2) is 12.7. The molecule has 0 aromatic heterocycles. The third kappa shape index (κ3) is 7.72. The van der Waals surface area contributed by atoms with Crippen molar-refractivity contribution in [3.63, 3.8) is 0 Å². The largest absolute Gasteiger partial charge is 0.494 e. The maximum Gasteiger partial charge on any atom is 0.166 e. The van der Waals surface area contributed by atoms with Gasteiger partial charge in [0.05, 0.1) is 23.1 Å². The summed E-state index contributed by atoms with van der Waals surface area (Å²) in [5.74, 6) is 0.950. The van der Waals surface area contributed by atoms with E-state index in [1.54, 1.807) is 0 Å². The number of hydrogen-bond donors (Lipinski definition) is 0. The van der Waals surface area contributed by atoms with Crippen LogP contribution < -0.4 is 4.74 Å². The number of ether oxygens (including phenoxy) is 2. The number of hydrogen-bond acceptors (Lipinski definition) is 2. The van der Waals surface area contributed by atoms with Gasteiger partial charge in [0, 0.05) is 6.61 Å². The van der Waals surface area contributed by atoms with E-state index in [0.29, 0.717) is 0 Å². The van der Waals surface area contributed by atoms with Gasteiger partial charge in [-0.3, -0.25) is 0 Å². The summed E-state index contributed by atoms with van der Waals surface area (Å²) >= 11 is 0. The third-order valence-electron chi connectivity index (χ3n) is 5.67. The van der Waals surface area contributed by atoms with Crippen molar-refractivity contribution in [2.24, 2.45) is 0 Å². The van der Waals surface area contributed by atoms with E-state index in [0.717, 1.165) is 38.2 Å². The normalized spacial score (nSPS) is 11.6. The van der Waals surface area contributed by atoms with Crippen LogP contribution in [0.25, 0.3) is 0 Å². The molecule has 0 radical (unpaired) electrons. The van der Waals surface area contributed by atoms with Crippen molar-refractivity contribution < 1.29 is 9.47 Å². The van der Waals surface area contributed by atoms with E-state index in [9.17, 15) is 0 Å². The van der Waals surface area contributed by atoms with E-state index < -0.39 is 0 Å². The van der Waals surface area contributed by atoms with Crippen LogP contribution in [-0.4, -0.2) is 18.8 Å². The molecule has 0 aliphatic heterocycles. The maximum absolute atomic E-state index is 6.00. The van der Waals surface area contributed by atoms with Crippen LogP contribution >= 0.6 is 0 Å². The molecule has 0 saturated carbocycles. The fourth-order valence-corrected chi connectivity index (χ4v) is 5.47. The molecule has 170 valence electrons. The molecular formula is C29H37O2S+. The molecule has 0 saturated heterocycles. The lowest BCUT2D eigenvalue weighted by Crippen LogP contribution is -2.23. The van der Waals surface area contributed by atoms with E-state index in [-0.39, 0.29) is 16.5 Å². The Morgan fingerprint density at radius 1 is 0.625 bits per heavy atom. The van der Waals surface area contributed by atoms with Crippen LogP contribution in [-0.2, 0) is 15.6 Å². The van der Waals surface area contributed by atoms with Crippen LogP contribution in [0.15, 0.2) is 99.6 Å². The molecular weight excluding hydrogens is 412 g/mol. The minimum absolute atomic E-state index is 0.00980. The molecule has 3 aromatic rings. The molecule has 0 N–H and O–H groups in total. The Morgan fingerprint density at radius 2 is 1.12 bits per heavy atom. The Balaban J connectivity index is 1.48. The van der Waals surface area contributed by atoms with Gasteiger partial charge in [0.2, 0.25) is 0 Å². The highest BCUT2D eigenvalue weighted by Crippen LogP contribution is 2.31. The highest BCUT2D eigenvalue weighted by atomic mass is 32.2. The quantitative estimate of drug-likeness (QED) is 0.195. The highest BCUT2D eigenvalue weighted by molar-refractivity contribution is 7.97. The summed E-state index contributed by atoms with van der Waals surface area (Å²) in [5.41, 5.74) is 0.00980. The summed E-state index contributed by atoms with van der Waals surface area (Å²) in [5, 5.41) is 0. The Kier molecular flexibility index (Phi) is 9.70. The van der Waals surface area contributed by atoms with Gasteiger partial charge in [-0.2, -0.15) is 0 Å². The molecule has 0 amide bonds. The summed E-state index contributed by atoms with van der Waals surface area (Å²) in [6.45, 7) is 8.12. The van der Waals surface area contributed by atoms with Gasteiger partial charge in [-0.1, -0.05) is 49.7 Å². The lowest BCUT2D eigenvalue weighted by atomic mass is 10.1. The summed E-state index contributed by atoms with van der Waals surface area (Å²) < 4.78 is 11.9. The zero-order valence-corrected chi connectivity index (χ0v) is 20.6. The first kappa shape index (κ1) is 24.4. The minimum Gasteiger partial charge on any atom is -0.494 e. The van der Waals surface area contributed by atoms with Gasteiger partial charge in [0.15, 0.2) is 14.7 Å². The van der Waals surface area contributed by atoms with Crippen molar-refractivity contribution >= 4 is 10.9 Å². The molecule has 3 aromatic carbocycles. The van der Waals surface area contributed by atoms with Gasteiger partial charge in [-0.15, -0.1) is 0 Å². The van der Waals surface area contributed by atoms with Gasteiger partial charge in [0.25, 0.3) is 0 Å². The van der Waals surface area contributed by atoms with Crippen molar-refractivity contribution in [1.29, 1.82) is 0 Å². The van der Waals surface area contributed by atoms with E-state index >= 15 is 0 Å². The maximum atomic E-state index is 6.00. The standard InChI is InChI=1S/C29H37O2S/c1-4-29(2,3)31-24-14-6-5-13-23-30-25-19-21-28(22-20-25)32(26-15-9-7-10-16-26)27-17-11-8-12-18-27/h7-12,15-22H,4-6,13-14,23-24H2,1-3H3/q+1. The molecule has 0 heterocycles. The zero-order chi connectivity index (χ0) is 22.7. The summed E-state index contributed by atoms with van der Waals surface area (Å²) in [7, 11) is -0.110. The predicted octanol–water partition coefficient (Wildman–Crippen LogP) is 7.93. The van der Waals surface area contributed by atoms with Crippen molar-refractivity contribution in [2.75, 3.05) is 13.2 Å². The van der Waals surface area contributed by atoms with Crippen LogP contribution in [0.1, 0.15) is 52.9 Å². The number of unbranched alkanes of at least 4 members (excludes halogenated alkanes) is 3. The smallest absolute Gasteiger partial charge is 0.166 e. The Labute approximate surface area is 197 Å². The molecule has 0 aliphatic carbocycles. The van der Waals surface area contributed by atoms with Crippen LogP contribution in [0.4, 0.5) is 0 Å². The van der Waals surface area contributed by atoms with Crippen molar-refractivity contribution in [3.05, 3.63) is 84.9 Å². The summed E-state index contributed by atoms with van der Waals surface area (Å²) in [4.78, 5) is 3.97. The molecule has 2 nitrogen and oxygen atoms in total. The van der Waals surface area contributed by atoms with Gasteiger partial charge >= 0.3 is 0 Å². The molecule has 0 aliphatic rings. The molecule has 32 heavy (non-hydrogen) atoms. The van der Waals surface area contributed by atoms with E-state index in [1.807, 2.05) is 0 Å². The fraction of sp³-hybridized carbons (Fsp3) is 0.379. The molecule has 0 spiro atoms. The Bertz CT molecular complexity index is 852. The Hall–Kier alpha value is -2.23. The molecule has 3 rings (SSSR count). The summed E-state index contributed by atoms with van der Waals surface area (Å²) in [6.07, 6.45) is 5.63. The van der Waals surface area contributed by atoms with Crippen LogP contribution in [0.2, 0.25) is 0 Å². The van der Waals surface area contributed by atoms with E-state index in [2.05, 4.69) is 106 Å². The second-order valence-electron chi connectivity index (χ2n) is 8.63. The van der Waals surface area contributed by atoms with Gasteiger partial charge in [-0.05, 0) is 88.1 Å². The van der Waals surface area contributed by atoms with E-state index in [4.69, 9.17) is 9.47 Å². The summed E-state index contributed by atoms with van der Waals surface area (Å²) in [6, 6.07) is 30.1. The lowest BCUT2D eigenvalue weighted by molar-refractivity contribution is -0.0217. The second-order valence-corrected chi connectivity index (χ2v) is 10.7. The SMILES string of the molecule is CCC(C)(C)OCCCCCCOc1ccc([S+](c2ccccc2)c2ccccc2)cc1. The van der Waals surface area contributed by atoms with Crippen molar-refractivity contribution in [2.45, 2.75) is 73.2 Å². The van der Waals surface area contributed by atoms with Crippen LogP contribution in [0.3, 0.4) is 0 Å². The van der Waals surface area contributed by atoms with Crippen LogP contribution in [0.5, 0.6) is 5.75 Å². The lowest BCUT2D eigenvalue weighted by Gasteiger charge is -2.23. The zero-order valence-electron chi connectivity index (χ0n) is 19.8. The predicted molar refractivity (Wildman–Crippen MR) is 136 cm³/mol. The average molecular weight is 450 g/mol. The molecule has 0 fully saturated rings. The topological polar surface area (TPSA) is 18.5 Å². The minimum atomic E-state index is -0.110. The first-order valence-electron chi connectivity index (χ1n) is 11.8. The molecule has 0 atom stereocenters. The first-order valence-corrected chi connectivity index (χ1v) is 13.0. The number of benzene rings is 3. The van der Waals surface area contributed by atoms with Gasteiger partial charge < -0.3 is 9.47 Å². The van der Waals surface area contributed by atoms with Gasteiger partial charge in [0.1, 0.15) is 5.75 Å². The molecule has 0 bridgehead atoms. The van der Waals surface area contributed by atoms with Crippen molar-refractivity contribution in [3.8, 4) is 5.75 Å². The molecule has 0 unspecified atom stereocenters. The van der Waals surface area contributed by atoms with Crippen LogP contribution in [0, 0.1) is 0 Å².